The highest BCUT2D eigenvalue weighted by atomic mass is 32.1. The van der Waals surface area contributed by atoms with Gasteiger partial charge in [0, 0.05) is 39.0 Å². The summed E-state index contributed by atoms with van der Waals surface area (Å²) in [5, 5.41) is 5.75. The molecule has 108 valence electrons. The minimum atomic E-state index is -0.116. The fourth-order valence-electron chi connectivity index (χ4n) is 2.79. The highest BCUT2D eigenvalue weighted by molar-refractivity contribution is 7.26. The number of thiophene rings is 1. The van der Waals surface area contributed by atoms with Gasteiger partial charge in [-0.1, -0.05) is 18.2 Å². The molecule has 0 aliphatic rings. The summed E-state index contributed by atoms with van der Waals surface area (Å²) in [4.78, 5) is 26.5. The molecule has 4 nitrogen and oxygen atoms in total. The molecule has 0 aliphatic heterocycles. The first kappa shape index (κ1) is 13.0. The minimum Gasteiger partial charge on any atom is -0.326 e. The minimum absolute atomic E-state index is 0.0732. The Morgan fingerprint density at radius 2 is 1.95 bits per heavy atom. The number of H-pyrrole nitrogens is 1. The number of hydrogen-bond donors (Lipinski definition) is 2. The van der Waals surface area contributed by atoms with E-state index in [4.69, 9.17) is 0 Å². The molecule has 4 aromatic rings. The summed E-state index contributed by atoms with van der Waals surface area (Å²) in [6.07, 6.45) is 0. The van der Waals surface area contributed by atoms with Gasteiger partial charge in [0.1, 0.15) is 4.70 Å². The molecule has 0 spiro atoms. The Labute approximate surface area is 129 Å². The van der Waals surface area contributed by atoms with Gasteiger partial charge in [0.05, 0.1) is 0 Å². The Morgan fingerprint density at radius 3 is 2.77 bits per heavy atom. The molecule has 0 unspecified atom stereocenters. The van der Waals surface area contributed by atoms with Crippen LogP contribution in [0.25, 0.3) is 31.1 Å². The van der Waals surface area contributed by atoms with Crippen molar-refractivity contribution in [3.05, 3.63) is 52.8 Å². The lowest BCUT2D eigenvalue weighted by atomic mass is 10.1. The second kappa shape index (κ2) is 4.68. The number of anilines is 1. The van der Waals surface area contributed by atoms with Crippen LogP contribution in [0.1, 0.15) is 6.92 Å². The topological polar surface area (TPSA) is 62.0 Å². The first-order valence-electron chi connectivity index (χ1n) is 6.88. The largest absolute Gasteiger partial charge is 0.326 e. The van der Waals surface area contributed by atoms with Gasteiger partial charge < -0.3 is 10.3 Å². The van der Waals surface area contributed by atoms with Gasteiger partial charge in [-0.2, -0.15) is 0 Å². The van der Waals surface area contributed by atoms with Crippen LogP contribution in [0.5, 0.6) is 0 Å². The third kappa shape index (κ3) is 1.90. The van der Waals surface area contributed by atoms with Crippen molar-refractivity contribution in [1.82, 2.24) is 4.98 Å². The van der Waals surface area contributed by atoms with Gasteiger partial charge in [0.25, 0.3) is 5.56 Å². The van der Waals surface area contributed by atoms with Gasteiger partial charge in [-0.25, -0.2) is 0 Å². The van der Waals surface area contributed by atoms with Gasteiger partial charge in [-0.15, -0.1) is 11.3 Å². The average molecular weight is 308 g/mol. The van der Waals surface area contributed by atoms with E-state index in [1.165, 1.54) is 18.3 Å². The SMILES string of the molecule is CC(=O)Nc1ccc2[nH]c(=O)c3sc4ccccc4c3c2c1. The van der Waals surface area contributed by atoms with Crippen molar-refractivity contribution in [2.24, 2.45) is 0 Å². The van der Waals surface area contributed by atoms with Crippen LogP contribution in [-0.4, -0.2) is 10.9 Å². The zero-order valence-corrected chi connectivity index (χ0v) is 12.6. The van der Waals surface area contributed by atoms with Crippen molar-refractivity contribution in [3.63, 3.8) is 0 Å². The zero-order chi connectivity index (χ0) is 15.3. The molecule has 0 fully saturated rings. The van der Waals surface area contributed by atoms with Gasteiger partial charge in [-0.05, 0) is 24.3 Å². The molecule has 2 aromatic heterocycles. The number of fused-ring (bicyclic) bond motifs is 5. The Hall–Kier alpha value is -2.66. The molecule has 0 radical (unpaired) electrons. The molecule has 22 heavy (non-hydrogen) atoms. The fraction of sp³-hybridized carbons (Fsp3) is 0.0588. The van der Waals surface area contributed by atoms with E-state index in [0.717, 1.165) is 32.1 Å². The van der Waals surface area contributed by atoms with Gasteiger partial charge in [-0.3, -0.25) is 9.59 Å². The van der Waals surface area contributed by atoms with Gasteiger partial charge in [0.15, 0.2) is 0 Å². The van der Waals surface area contributed by atoms with Crippen LogP contribution in [0, 0.1) is 0 Å². The quantitative estimate of drug-likeness (QED) is 0.561. The van der Waals surface area contributed by atoms with E-state index in [-0.39, 0.29) is 11.5 Å². The van der Waals surface area contributed by atoms with Crippen LogP contribution in [0.15, 0.2) is 47.3 Å². The molecule has 0 atom stereocenters. The lowest BCUT2D eigenvalue weighted by Crippen LogP contribution is -2.07. The van der Waals surface area contributed by atoms with Crippen molar-refractivity contribution in [1.29, 1.82) is 0 Å². The predicted molar refractivity (Wildman–Crippen MR) is 91.8 cm³/mol. The van der Waals surface area contributed by atoms with E-state index in [2.05, 4.69) is 10.3 Å². The normalized spacial score (nSPS) is 11.3. The number of nitrogens with one attached hydrogen (secondary N) is 2. The number of pyridine rings is 1. The third-order valence-electron chi connectivity index (χ3n) is 3.66. The number of carbonyl (C=O) groups is 1. The molecule has 0 bridgehead atoms. The van der Waals surface area contributed by atoms with Crippen molar-refractivity contribution < 1.29 is 4.79 Å². The van der Waals surface area contributed by atoms with Crippen LogP contribution >= 0.6 is 11.3 Å². The van der Waals surface area contributed by atoms with E-state index in [9.17, 15) is 9.59 Å². The van der Waals surface area contributed by atoms with E-state index in [1.807, 2.05) is 36.4 Å². The Balaban J connectivity index is 2.19. The molecular weight excluding hydrogens is 296 g/mol. The fourth-order valence-corrected chi connectivity index (χ4v) is 3.91. The number of carbonyl (C=O) groups excluding carboxylic acids is 1. The standard InChI is InChI=1S/C17H12N2O2S/c1-9(20)18-10-6-7-13-12(8-10)15-11-4-2-3-5-14(11)22-16(15)17(21)19-13/h2-8H,1H3,(H,18,20)(H,19,21). The summed E-state index contributed by atoms with van der Waals surface area (Å²) >= 11 is 1.49. The summed E-state index contributed by atoms with van der Waals surface area (Å²) in [6.45, 7) is 1.48. The number of aromatic nitrogens is 1. The van der Waals surface area contributed by atoms with Gasteiger partial charge in [0.2, 0.25) is 5.91 Å². The van der Waals surface area contributed by atoms with Crippen LogP contribution in [0.3, 0.4) is 0 Å². The van der Waals surface area contributed by atoms with E-state index < -0.39 is 0 Å². The van der Waals surface area contributed by atoms with Crippen LogP contribution in [0.2, 0.25) is 0 Å². The molecule has 4 rings (SSSR count). The molecule has 2 N–H and O–H groups in total. The Bertz CT molecular complexity index is 1110. The van der Waals surface area contributed by atoms with Crippen LogP contribution in [0.4, 0.5) is 5.69 Å². The molecular formula is C17H12N2O2S. The zero-order valence-electron chi connectivity index (χ0n) is 11.8. The average Bonchev–Trinajstić information content (AvgIpc) is 2.88. The number of benzene rings is 2. The Morgan fingerprint density at radius 1 is 1.14 bits per heavy atom. The summed E-state index contributed by atoms with van der Waals surface area (Å²) in [6, 6.07) is 13.5. The lowest BCUT2D eigenvalue weighted by Gasteiger charge is -2.05. The number of hydrogen-bond acceptors (Lipinski definition) is 3. The molecule has 1 amide bonds. The van der Waals surface area contributed by atoms with Crippen molar-refractivity contribution >= 4 is 54.0 Å². The number of aromatic amines is 1. The van der Waals surface area contributed by atoms with Crippen molar-refractivity contribution in [2.45, 2.75) is 6.92 Å². The third-order valence-corrected chi connectivity index (χ3v) is 4.83. The Kier molecular flexibility index (Phi) is 2.77. The highest BCUT2D eigenvalue weighted by Gasteiger charge is 2.12. The second-order valence-electron chi connectivity index (χ2n) is 5.20. The molecule has 0 aliphatic carbocycles. The molecule has 0 saturated heterocycles. The maximum absolute atomic E-state index is 12.3. The smallest absolute Gasteiger partial charge is 0.266 e. The van der Waals surface area contributed by atoms with Gasteiger partial charge >= 0.3 is 0 Å². The predicted octanol–water partition coefficient (Wildman–Crippen LogP) is 3.85. The number of rotatable bonds is 1. The monoisotopic (exact) mass is 308 g/mol. The highest BCUT2D eigenvalue weighted by Crippen LogP contribution is 2.36. The van der Waals surface area contributed by atoms with Crippen molar-refractivity contribution in [2.75, 3.05) is 5.32 Å². The van der Waals surface area contributed by atoms with E-state index >= 15 is 0 Å². The summed E-state index contributed by atoms with van der Waals surface area (Å²) in [5.41, 5.74) is 1.43. The maximum atomic E-state index is 12.3. The molecule has 5 heteroatoms. The molecule has 0 saturated carbocycles. The molecule has 2 aromatic carbocycles. The summed E-state index contributed by atoms with van der Waals surface area (Å²) < 4.78 is 1.80. The molecule has 2 heterocycles. The first-order valence-corrected chi connectivity index (χ1v) is 7.70. The first-order chi connectivity index (χ1) is 10.6. The lowest BCUT2D eigenvalue weighted by molar-refractivity contribution is -0.114. The summed E-state index contributed by atoms with van der Waals surface area (Å²) in [7, 11) is 0. The van der Waals surface area contributed by atoms with E-state index in [0.29, 0.717) is 4.70 Å². The second-order valence-corrected chi connectivity index (χ2v) is 6.25. The van der Waals surface area contributed by atoms with Crippen molar-refractivity contribution in [3.8, 4) is 0 Å². The maximum Gasteiger partial charge on any atom is 0.266 e. The number of amides is 1. The summed E-state index contributed by atoms with van der Waals surface area (Å²) in [5.74, 6) is -0.116. The van der Waals surface area contributed by atoms with Crippen LogP contribution < -0.4 is 10.9 Å². The van der Waals surface area contributed by atoms with E-state index in [1.54, 1.807) is 6.07 Å². The van der Waals surface area contributed by atoms with Crippen LogP contribution in [-0.2, 0) is 4.79 Å².